The summed E-state index contributed by atoms with van der Waals surface area (Å²) in [4.78, 5) is 0. The molecule has 0 amide bonds. The third-order valence-electron chi connectivity index (χ3n) is 5.99. The van der Waals surface area contributed by atoms with Crippen molar-refractivity contribution in [3.05, 3.63) is 82.4 Å². The number of phenolic OH excluding ortho intramolecular Hbond substituents is 2. The Morgan fingerprint density at radius 1 is 0.688 bits per heavy atom. The molecule has 2 N–H and O–H groups in total. The van der Waals surface area contributed by atoms with E-state index < -0.39 is 7.92 Å². The van der Waals surface area contributed by atoms with Gasteiger partial charge in [-0.15, -0.1) is 0 Å². The smallest absolute Gasteiger partial charge is 0.126 e. The number of benzene rings is 3. The first-order chi connectivity index (χ1) is 15.4. The third kappa shape index (κ3) is 5.93. The monoisotopic (exact) mass is 448 g/mol. The van der Waals surface area contributed by atoms with Crippen LogP contribution in [0.4, 0.5) is 0 Å². The Bertz CT molecular complexity index is 964. The van der Waals surface area contributed by atoms with Crippen molar-refractivity contribution in [1.29, 1.82) is 0 Å². The lowest BCUT2D eigenvalue weighted by molar-refractivity contribution is 0.470. The van der Waals surface area contributed by atoms with Crippen molar-refractivity contribution in [3.8, 4) is 11.5 Å². The molecule has 32 heavy (non-hydrogen) atoms. The van der Waals surface area contributed by atoms with Crippen LogP contribution in [-0.4, -0.2) is 10.2 Å². The van der Waals surface area contributed by atoms with E-state index in [9.17, 15) is 10.2 Å². The molecule has 0 radical (unpaired) electrons. The molecule has 3 aromatic carbocycles. The van der Waals surface area contributed by atoms with E-state index in [2.05, 4.69) is 76.2 Å². The predicted molar refractivity (Wildman–Crippen MR) is 139 cm³/mol. The average Bonchev–Trinajstić information content (AvgIpc) is 2.79. The molecule has 0 aliphatic rings. The Morgan fingerprint density at radius 2 is 1.16 bits per heavy atom. The van der Waals surface area contributed by atoms with E-state index in [0.29, 0.717) is 11.5 Å². The van der Waals surface area contributed by atoms with Crippen LogP contribution in [0.1, 0.15) is 67.3 Å². The zero-order valence-corrected chi connectivity index (χ0v) is 20.9. The summed E-state index contributed by atoms with van der Waals surface area (Å²) in [5.74, 6) is 0.837. The third-order valence-corrected chi connectivity index (χ3v) is 8.52. The fraction of sp³-hybridized carbons (Fsp3) is 0.379. The van der Waals surface area contributed by atoms with Crippen LogP contribution in [0, 0.1) is 13.8 Å². The molecule has 0 bridgehead atoms. The Labute approximate surface area is 195 Å². The van der Waals surface area contributed by atoms with Gasteiger partial charge in [0.25, 0.3) is 0 Å². The number of phenols is 2. The van der Waals surface area contributed by atoms with Gasteiger partial charge in [0.15, 0.2) is 0 Å². The molecule has 170 valence electrons. The lowest BCUT2D eigenvalue weighted by Gasteiger charge is -2.24. The van der Waals surface area contributed by atoms with Gasteiger partial charge in [-0.05, 0) is 87.4 Å². The maximum Gasteiger partial charge on any atom is 0.126 e. The molecule has 0 aliphatic heterocycles. The second-order valence-electron chi connectivity index (χ2n) is 8.86. The zero-order valence-electron chi connectivity index (χ0n) is 20.0. The second-order valence-corrected chi connectivity index (χ2v) is 11.0. The molecule has 0 aromatic heterocycles. The van der Waals surface area contributed by atoms with Gasteiger partial charge >= 0.3 is 0 Å². The normalized spacial score (nSPS) is 11.3. The van der Waals surface area contributed by atoms with E-state index in [0.717, 1.165) is 66.4 Å². The molecule has 0 unspecified atom stereocenters. The maximum absolute atomic E-state index is 11.4. The Morgan fingerprint density at radius 3 is 1.59 bits per heavy atom. The van der Waals surface area contributed by atoms with Crippen molar-refractivity contribution in [2.45, 2.75) is 72.4 Å². The summed E-state index contributed by atoms with van der Waals surface area (Å²) >= 11 is 0. The van der Waals surface area contributed by atoms with E-state index in [4.69, 9.17) is 0 Å². The van der Waals surface area contributed by atoms with Gasteiger partial charge < -0.3 is 10.2 Å². The van der Waals surface area contributed by atoms with Gasteiger partial charge in [-0.3, -0.25) is 0 Å². The lowest BCUT2D eigenvalue weighted by atomic mass is 10.0. The molecule has 0 heterocycles. The molecule has 0 atom stereocenters. The van der Waals surface area contributed by atoms with Crippen molar-refractivity contribution in [1.82, 2.24) is 0 Å². The standard InChI is InChI=1S/C29H37O2P/c1-5-7-14-24-16-21(3)18-26(28(24)30)32(20-23-12-10-9-11-13-23)27-19-22(4)17-25(29(27)31)15-8-6-2/h9-13,16-19,30-31H,5-8,14-15,20H2,1-4H3. The fourth-order valence-corrected chi connectivity index (χ4v) is 6.95. The quantitative estimate of drug-likeness (QED) is 0.327. The van der Waals surface area contributed by atoms with Gasteiger partial charge in [-0.2, -0.15) is 0 Å². The molecule has 3 aromatic rings. The minimum absolute atomic E-state index is 0.419. The van der Waals surface area contributed by atoms with Crippen molar-refractivity contribution in [3.63, 3.8) is 0 Å². The van der Waals surface area contributed by atoms with Crippen molar-refractivity contribution in [2.75, 3.05) is 0 Å². The first-order valence-corrected chi connectivity index (χ1v) is 13.4. The van der Waals surface area contributed by atoms with Crippen molar-refractivity contribution in [2.24, 2.45) is 0 Å². The van der Waals surface area contributed by atoms with E-state index >= 15 is 0 Å². The Hall–Kier alpha value is -2.31. The van der Waals surface area contributed by atoms with E-state index in [1.807, 2.05) is 6.07 Å². The van der Waals surface area contributed by atoms with Gasteiger partial charge in [0.1, 0.15) is 11.5 Å². The van der Waals surface area contributed by atoms with Crippen molar-refractivity contribution >= 4 is 18.5 Å². The number of hydrogen-bond acceptors (Lipinski definition) is 2. The van der Waals surface area contributed by atoms with Gasteiger partial charge in [0.05, 0.1) is 0 Å². The van der Waals surface area contributed by atoms with Crippen LogP contribution in [0.15, 0.2) is 54.6 Å². The molecule has 3 rings (SSSR count). The average molecular weight is 449 g/mol. The fourth-order valence-electron chi connectivity index (χ4n) is 4.26. The molecule has 0 aliphatic carbocycles. The number of rotatable bonds is 10. The zero-order chi connectivity index (χ0) is 23.1. The molecule has 3 heteroatoms. The van der Waals surface area contributed by atoms with Gasteiger partial charge in [-0.1, -0.05) is 69.2 Å². The summed E-state index contributed by atoms with van der Waals surface area (Å²) in [7, 11) is -0.964. The van der Waals surface area contributed by atoms with Crippen LogP contribution in [0.25, 0.3) is 0 Å². The first-order valence-electron chi connectivity index (χ1n) is 11.9. The largest absolute Gasteiger partial charge is 0.507 e. The lowest BCUT2D eigenvalue weighted by Crippen LogP contribution is -2.17. The second kappa shape index (κ2) is 11.5. The molecule has 2 nitrogen and oxygen atoms in total. The highest BCUT2D eigenvalue weighted by atomic mass is 31.1. The minimum Gasteiger partial charge on any atom is -0.507 e. The highest BCUT2D eigenvalue weighted by Crippen LogP contribution is 2.45. The van der Waals surface area contributed by atoms with E-state index in [1.54, 1.807) is 0 Å². The summed E-state index contributed by atoms with van der Waals surface area (Å²) in [6, 6.07) is 18.9. The van der Waals surface area contributed by atoms with Crippen LogP contribution in [-0.2, 0) is 19.0 Å². The highest BCUT2D eigenvalue weighted by molar-refractivity contribution is 7.72. The van der Waals surface area contributed by atoms with Crippen LogP contribution in [0.2, 0.25) is 0 Å². The first kappa shape index (κ1) is 24.3. The van der Waals surface area contributed by atoms with Gasteiger partial charge in [0, 0.05) is 16.8 Å². The van der Waals surface area contributed by atoms with Gasteiger partial charge in [0.2, 0.25) is 0 Å². The SMILES string of the molecule is CCCCc1cc(C)cc(P(Cc2ccccc2)c2cc(C)cc(CCCC)c2O)c1O. The van der Waals surface area contributed by atoms with Crippen molar-refractivity contribution < 1.29 is 10.2 Å². The molecule has 0 saturated heterocycles. The highest BCUT2D eigenvalue weighted by Gasteiger charge is 2.24. The van der Waals surface area contributed by atoms with Crippen LogP contribution >= 0.6 is 7.92 Å². The minimum atomic E-state index is -0.964. The Balaban J connectivity index is 2.17. The number of unbranched alkanes of at least 4 members (excludes halogenated alkanes) is 2. The summed E-state index contributed by atoms with van der Waals surface area (Å²) in [5, 5.41) is 24.7. The summed E-state index contributed by atoms with van der Waals surface area (Å²) in [6.07, 6.45) is 6.88. The molecular formula is C29H37O2P. The topological polar surface area (TPSA) is 40.5 Å². The summed E-state index contributed by atoms with van der Waals surface area (Å²) in [6.45, 7) is 8.58. The molecular weight excluding hydrogens is 411 g/mol. The number of aromatic hydroxyl groups is 2. The van der Waals surface area contributed by atoms with E-state index in [1.165, 1.54) is 16.7 Å². The van der Waals surface area contributed by atoms with Crippen LogP contribution < -0.4 is 10.6 Å². The summed E-state index contributed by atoms with van der Waals surface area (Å²) in [5.41, 5.74) is 5.62. The number of aryl methyl sites for hydroxylation is 4. The molecule has 0 saturated carbocycles. The molecule has 0 spiro atoms. The predicted octanol–water partition coefficient (Wildman–Crippen LogP) is 7.03. The Kier molecular flexibility index (Phi) is 8.76. The maximum atomic E-state index is 11.4. The van der Waals surface area contributed by atoms with Crippen LogP contribution in [0.3, 0.4) is 0 Å². The number of hydrogen-bond donors (Lipinski definition) is 2. The van der Waals surface area contributed by atoms with Crippen LogP contribution in [0.5, 0.6) is 11.5 Å². The summed E-state index contributed by atoms with van der Waals surface area (Å²) < 4.78 is 0. The molecule has 0 fully saturated rings. The van der Waals surface area contributed by atoms with E-state index in [-0.39, 0.29) is 0 Å². The van der Waals surface area contributed by atoms with Gasteiger partial charge in [-0.25, -0.2) is 0 Å².